The van der Waals surface area contributed by atoms with Gasteiger partial charge in [-0.1, -0.05) is 13.0 Å². The van der Waals surface area contributed by atoms with Crippen molar-refractivity contribution in [1.82, 2.24) is 9.80 Å². The van der Waals surface area contributed by atoms with E-state index in [0.717, 1.165) is 24.4 Å². The van der Waals surface area contributed by atoms with Gasteiger partial charge in [0.1, 0.15) is 0 Å². The van der Waals surface area contributed by atoms with E-state index in [0.29, 0.717) is 18.8 Å². The zero-order chi connectivity index (χ0) is 15.7. The highest BCUT2D eigenvalue weighted by molar-refractivity contribution is 7.10. The van der Waals surface area contributed by atoms with Crippen LogP contribution in [-0.4, -0.2) is 41.8 Å². The van der Waals surface area contributed by atoms with Crippen LogP contribution in [0.3, 0.4) is 0 Å². The van der Waals surface area contributed by atoms with Gasteiger partial charge < -0.3 is 9.80 Å². The molecule has 0 unspecified atom stereocenters. The fourth-order valence-electron chi connectivity index (χ4n) is 3.77. The monoisotopic (exact) mass is 320 g/mol. The molecule has 0 aliphatic carbocycles. The SMILES string of the molecule is C[C@@H]1CCCN(C(=O)[C@@H]2CCC(=O)N(C)[C@H]2c2cccs2)C1. The molecule has 2 amide bonds. The van der Waals surface area contributed by atoms with E-state index in [2.05, 4.69) is 6.92 Å². The van der Waals surface area contributed by atoms with Crippen LogP contribution >= 0.6 is 11.3 Å². The molecule has 2 saturated heterocycles. The van der Waals surface area contributed by atoms with Gasteiger partial charge in [-0.05, 0) is 36.6 Å². The van der Waals surface area contributed by atoms with Crippen LogP contribution in [0.15, 0.2) is 17.5 Å². The van der Waals surface area contributed by atoms with Crippen LogP contribution in [0.5, 0.6) is 0 Å². The number of rotatable bonds is 2. The maximum absolute atomic E-state index is 13.0. The summed E-state index contributed by atoms with van der Waals surface area (Å²) in [5, 5.41) is 2.02. The molecule has 2 fully saturated rings. The highest BCUT2D eigenvalue weighted by Crippen LogP contribution is 2.39. The third-order valence-electron chi connectivity index (χ3n) is 4.98. The van der Waals surface area contributed by atoms with Crippen molar-refractivity contribution in [2.75, 3.05) is 20.1 Å². The number of hydrogen-bond donors (Lipinski definition) is 0. The quantitative estimate of drug-likeness (QED) is 0.840. The lowest BCUT2D eigenvalue weighted by molar-refractivity contribution is -0.147. The van der Waals surface area contributed by atoms with Crippen molar-refractivity contribution in [1.29, 1.82) is 0 Å². The van der Waals surface area contributed by atoms with Crippen molar-refractivity contribution in [3.8, 4) is 0 Å². The van der Waals surface area contributed by atoms with E-state index in [1.807, 2.05) is 29.5 Å². The normalized spacial score (nSPS) is 29.7. The zero-order valence-corrected chi connectivity index (χ0v) is 14.1. The first kappa shape index (κ1) is 15.5. The van der Waals surface area contributed by atoms with Crippen LogP contribution in [0.1, 0.15) is 43.5 Å². The van der Waals surface area contributed by atoms with Gasteiger partial charge in [0.25, 0.3) is 0 Å². The molecular formula is C17H24N2O2S. The van der Waals surface area contributed by atoms with Gasteiger partial charge in [0, 0.05) is 31.4 Å². The average molecular weight is 320 g/mol. The van der Waals surface area contributed by atoms with Crippen molar-refractivity contribution in [3.05, 3.63) is 22.4 Å². The predicted octanol–water partition coefficient (Wildman–Crippen LogP) is 2.92. The Morgan fingerprint density at radius 1 is 1.36 bits per heavy atom. The molecule has 120 valence electrons. The van der Waals surface area contributed by atoms with Crippen molar-refractivity contribution >= 4 is 23.2 Å². The van der Waals surface area contributed by atoms with E-state index in [1.54, 1.807) is 16.2 Å². The largest absolute Gasteiger partial charge is 0.342 e. The second-order valence-electron chi connectivity index (χ2n) is 6.64. The second-order valence-corrected chi connectivity index (χ2v) is 7.62. The Labute approximate surface area is 136 Å². The van der Waals surface area contributed by atoms with Crippen molar-refractivity contribution in [2.24, 2.45) is 11.8 Å². The first-order valence-corrected chi connectivity index (χ1v) is 9.03. The number of amides is 2. The van der Waals surface area contributed by atoms with Crippen LogP contribution in [0, 0.1) is 11.8 Å². The van der Waals surface area contributed by atoms with Gasteiger partial charge in [-0.3, -0.25) is 9.59 Å². The molecule has 1 aromatic heterocycles. The van der Waals surface area contributed by atoms with Crippen LogP contribution in [0.4, 0.5) is 0 Å². The first-order valence-electron chi connectivity index (χ1n) is 8.15. The second kappa shape index (κ2) is 6.41. The number of piperidine rings is 2. The molecule has 0 bridgehead atoms. The van der Waals surface area contributed by atoms with E-state index in [4.69, 9.17) is 0 Å². The smallest absolute Gasteiger partial charge is 0.228 e. The summed E-state index contributed by atoms with van der Waals surface area (Å²) in [5.41, 5.74) is 0. The summed E-state index contributed by atoms with van der Waals surface area (Å²) in [4.78, 5) is 30.1. The van der Waals surface area contributed by atoms with Crippen LogP contribution < -0.4 is 0 Å². The molecule has 2 aliphatic heterocycles. The molecule has 3 rings (SSSR count). The van der Waals surface area contributed by atoms with Crippen LogP contribution in [0.25, 0.3) is 0 Å². The molecule has 0 aromatic carbocycles. The summed E-state index contributed by atoms with van der Waals surface area (Å²) in [5.74, 6) is 0.881. The molecule has 0 saturated carbocycles. The average Bonchev–Trinajstić information content (AvgIpc) is 3.03. The van der Waals surface area contributed by atoms with Gasteiger partial charge in [0.05, 0.1) is 12.0 Å². The number of carbonyl (C=O) groups is 2. The third kappa shape index (κ3) is 2.91. The van der Waals surface area contributed by atoms with E-state index in [9.17, 15) is 9.59 Å². The maximum Gasteiger partial charge on any atom is 0.228 e. The molecule has 5 heteroatoms. The molecule has 0 radical (unpaired) electrons. The van der Waals surface area contributed by atoms with Crippen molar-refractivity contribution < 1.29 is 9.59 Å². The summed E-state index contributed by atoms with van der Waals surface area (Å²) in [6.07, 6.45) is 3.47. The van der Waals surface area contributed by atoms with Gasteiger partial charge in [0.15, 0.2) is 0 Å². The minimum atomic E-state index is -0.0917. The molecule has 22 heavy (non-hydrogen) atoms. The van der Waals surface area contributed by atoms with Gasteiger partial charge in [0.2, 0.25) is 11.8 Å². The summed E-state index contributed by atoms with van der Waals surface area (Å²) in [7, 11) is 1.84. The lowest BCUT2D eigenvalue weighted by Crippen LogP contribution is -2.49. The third-order valence-corrected chi connectivity index (χ3v) is 5.92. The fourth-order valence-corrected chi connectivity index (χ4v) is 4.70. The Hall–Kier alpha value is -1.36. The lowest BCUT2D eigenvalue weighted by Gasteiger charge is -2.41. The predicted molar refractivity (Wildman–Crippen MR) is 87.5 cm³/mol. The summed E-state index contributed by atoms with van der Waals surface area (Å²) < 4.78 is 0. The van der Waals surface area contributed by atoms with Gasteiger partial charge in [-0.25, -0.2) is 0 Å². The molecule has 3 heterocycles. The van der Waals surface area contributed by atoms with Crippen LogP contribution in [0.2, 0.25) is 0 Å². The van der Waals surface area contributed by atoms with E-state index in [1.165, 1.54) is 6.42 Å². The minimum Gasteiger partial charge on any atom is -0.342 e. The maximum atomic E-state index is 13.0. The summed E-state index contributed by atoms with van der Waals surface area (Å²) in [6.45, 7) is 3.95. The number of likely N-dealkylation sites (tertiary alicyclic amines) is 2. The molecule has 0 spiro atoms. The highest BCUT2D eigenvalue weighted by Gasteiger charge is 2.41. The summed E-state index contributed by atoms with van der Waals surface area (Å²) in [6, 6.07) is 3.95. The Balaban J connectivity index is 1.83. The molecular weight excluding hydrogens is 296 g/mol. The Bertz CT molecular complexity index is 543. The van der Waals surface area contributed by atoms with E-state index in [-0.39, 0.29) is 23.8 Å². The topological polar surface area (TPSA) is 40.6 Å². The number of carbonyl (C=O) groups excluding carboxylic acids is 2. The number of thiophene rings is 1. The lowest BCUT2D eigenvalue weighted by atomic mass is 9.86. The van der Waals surface area contributed by atoms with Crippen LogP contribution in [-0.2, 0) is 9.59 Å². The fraction of sp³-hybridized carbons (Fsp3) is 0.647. The minimum absolute atomic E-state index is 0.0911. The molecule has 0 N–H and O–H groups in total. The number of hydrogen-bond acceptors (Lipinski definition) is 3. The van der Waals surface area contributed by atoms with Gasteiger partial charge in [-0.15, -0.1) is 11.3 Å². The van der Waals surface area contributed by atoms with Gasteiger partial charge in [-0.2, -0.15) is 0 Å². The Morgan fingerprint density at radius 2 is 2.18 bits per heavy atom. The standard InChI is InChI=1S/C17H24N2O2S/c1-12-5-3-9-19(11-12)17(21)13-7-8-15(20)18(2)16(13)14-6-4-10-22-14/h4,6,10,12-13,16H,3,5,7-9,11H2,1-2H3/t12-,13-,16-/m1/s1. The van der Waals surface area contributed by atoms with Crippen molar-refractivity contribution in [2.45, 2.75) is 38.6 Å². The van der Waals surface area contributed by atoms with E-state index >= 15 is 0 Å². The first-order chi connectivity index (χ1) is 10.6. The Morgan fingerprint density at radius 3 is 2.86 bits per heavy atom. The van der Waals surface area contributed by atoms with Crippen molar-refractivity contribution in [3.63, 3.8) is 0 Å². The molecule has 4 nitrogen and oxygen atoms in total. The molecule has 3 atom stereocenters. The molecule has 1 aromatic rings. The number of nitrogens with zero attached hydrogens (tertiary/aromatic N) is 2. The highest BCUT2D eigenvalue weighted by atomic mass is 32.1. The Kier molecular flexibility index (Phi) is 4.52. The van der Waals surface area contributed by atoms with E-state index < -0.39 is 0 Å². The van der Waals surface area contributed by atoms with Gasteiger partial charge >= 0.3 is 0 Å². The summed E-state index contributed by atoms with van der Waals surface area (Å²) >= 11 is 1.64. The zero-order valence-electron chi connectivity index (χ0n) is 13.3. The molecule has 2 aliphatic rings.